The number of aliphatic carboxylic acids is 1. The van der Waals surface area contributed by atoms with Crippen LogP contribution in [-0.4, -0.2) is 35.0 Å². The van der Waals surface area contributed by atoms with Crippen molar-refractivity contribution in [1.82, 2.24) is 0 Å². The van der Waals surface area contributed by atoms with Gasteiger partial charge < -0.3 is 10.0 Å². The Bertz CT molecular complexity index is 584. The molecule has 1 spiro atoms. The van der Waals surface area contributed by atoms with E-state index in [0.29, 0.717) is 0 Å². The first-order valence-corrected chi connectivity index (χ1v) is 8.41. The van der Waals surface area contributed by atoms with Crippen LogP contribution in [0.1, 0.15) is 18.4 Å². The number of benzene rings is 1. The highest BCUT2D eigenvalue weighted by Gasteiger charge is 2.51. The van der Waals surface area contributed by atoms with E-state index in [0.717, 1.165) is 40.1 Å². The summed E-state index contributed by atoms with van der Waals surface area (Å²) in [6, 6.07) is 5.68. The molecule has 1 aromatic rings. The molecule has 2 heterocycles. The second kappa shape index (κ2) is 5.07. The van der Waals surface area contributed by atoms with Crippen LogP contribution in [0.5, 0.6) is 0 Å². The molecule has 0 atom stereocenters. The van der Waals surface area contributed by atoms with E-state index >= 15 is 0 Å². The van der Waals surface area contributed by atoms with E-state index in [1.165, 1.54) is 4.90 Å². The van der Waals surface area contributed by atoms with Crippen LogP contribution in [0.4, 0.5) is 5.69 Å². The molecule has 0 bridgehead atoms. The van der Waals surface area contributed by atoms with Crippen molar-refractivity contribution in [2.45, 2.75) is 18.3 Å². The van der Waals surface area contributed by atoms with Crippen LogP contribution < -0.4 is 4.90 Å². The van der Waals surface area contributed by atoms with Gasteiger partial charge in [-0.1, -0.05) is 15.9 Å². The number of anilines is 1. The van der Waals surface area contributed by atoms with E-state index in [1.54, 1.807) is 0 Å². The summed E-state index contributed by atoms with van der Waals surface area (Å²) in [6.07, 6.45) is 1.58. The minimum absolute atomic E-state index is 0.0479. The predicted octanol–water partition coefficient (Wildman–Crippen LogP) is 2.65. The number of hydrogen-bond acceptors (Lipinski definition) is 3. The van der Waals surface area contributed by atoms with E-state index in [-0.39, 0.29) is 12.5 Å². The Kier molecular flexibility index (Phi) is 3.54. The van der Waals surface area contributed by atoms with Crippen molar-refractivity contribution in [3.8, 4) is 0 Å². The molecule has 3 rings (SSSR count). The fourth-order valence-electron chi connectivity index (χ4n) is 3.11. The molecule has 0 radical (unpaired) electrons. The van der Waals surface area contributed by atoms with Gasteiger partial charge in [-0.2, -0.15) is 11.8 Å². The smallest absolute Gasteiger partial charge is 0.323 e. The number of amides is 1. The minimum atomic E-state index is -0.977. The van der Waals surface area contributed by atoms with Gasteiger partial charge in [0.2, 0.25) is 5.91 Å². The maximum absolute atomic E-state index is 12.8. The number of hydrogen-bond donors (Lipinski definition) is 1. The first kappa shape index (κ1) is 13.9. The Morgan fingerprint density at radius 2 is 2.10 bits per heavy atom. The lowest BCUT2D eigenvalue weighted by molar-refractivity contribution is -0.137. The minimum Gasteiger partial charge on any atom is -0.480 e. The predicted molar refractivity (Wildman–Crippen MR) is 82.4 cm³/mol. The monoisotopic (exact) mass is 355 g/mol. The zero-order chi connectivity index (χ0) is 14.3. The molecule has 20 heavy (non-hydrogen) atoms. The molecule has 1 fully saturated rings. The SMILES string of the molecule is O=C(O)CN1C(=O)C2(CCSCC2)c2cc(Br)ccc21. The van der Waals surface area contributed by atoms with Gasteiger partial charge in [-0.05, 0) is 48.1 Å². The number of carbonyl (C=O) groups excluding carboxylic acids is 1. The second-order valence-electron chi connectivity index (χ2n) is 5.14. The number of fused-ring (bicyclic) bond motifs is 2. The molecular formula is C14H14BrNO3S. The van der Waals surface area contributed by atoms with Crippen molar-refractivity contribution in [2.24, 2.45) is 0 Å². The van der Waals surface area contributed by atoms with E-state index in [2.05, 4.69) is 15.9 Å². The highest BCUT2D eigenvalue weighted by Crippen LogP contribution is 2.49. The van der Waals surface area contributed by atoms with Crippen molar-refractivity contribution in [1.29, 1.82) is 0 Å². The van der Waals surface area contributed by atoms with E-state index in [9.17, 15) is 9.59 Å². The molecule has 0 aliphatic carbocycles. The van der Waals surface area contributed by atoms with Gasteiger partial charge in [0, 0.05) is 10.2 Å². The van der Waals surface area contributed by atoms with Crippen molar-refractivity contribution in [3.63, 3.8) is 0 Å². The van der Waals surface area contributed by atoms with Gasteiger partial charge in [0.25, 0.3) is 0 Å². The summed E-state index contributed by atoms with van der Waals surface area (Å²) in [6.45, 7) is -0.262. The molecule has 0 saturated carbocycles. The van der Waals surface area contributed by atoms with Gasteiger partial charge >= 0.3 is 5.97 Å². The largest absolute Gasteiger partial charge is 0.480 e. The van der Waals surface area contributed by atoms with Crippen LogP contribution in [0.2, 0.25) is 0 Å². The van der Waals surface area contributed by atoms with Crippen molar-refractivity contribution in [2.75, 3.05) is 23.0 Å². The lowest BCUT2D eigenvalue weighted by Crippen LogP contribution is -2.44. The normalized spacial score (nSPS) is 20.2. The fraction of sp³-hybridized carbons (Fsp3) is 0.429. The molecular weight excluding hydrogens is 342 g/mol. The number of thioether (sulfide) groups is 1. The van der Waals surface area contributed by atoms with Crippen LogP contribution in [0.3, 0.4) is 0 Å². The van der Waals surface area contributed by atoms with Gasteiger partial charge in [0.05, 0.1) is 5.41 Å². The van der Waals surface area contributed by atoms with E-state index < -0.39 is 11.4 Å². The van der Waals surface area contributed by atoms with Gasteiger partial charge in [-0.25, -0.2) is 0 Å². The van der Waals surface area contributed by atoms with Crippen molar-refractivity contribution in [3.05, 3.63) is 28.2 Å². The highest BCUT2D eigenvalue weighted by atomic mass is 79.9. The molecule has 2 aliphatic rings. The molecule has 1 N–H and O–H groups in total. The molecule has 0 aromatic heterocycles. The van der Waals surface area contributed by atoms with Crippen LogP contribution in [-0.2, 0) is 15.0 Å². The van der Waals surface area contributed by atoms with Crippen LogP contribution >= 0.6 is 27.7 Å². The standard InChI is InChI=1S/C14H14BrNO3S/c15-9-1-2-11-10(7-9)14(3-5-20-6-4-14)13(19)16(11)8-12(17)18/h1-2,7H,3-6,8H2,(H,17,18). The van der Waals surface area contributed by atoms with Gasteiger partial charge in [0.1, 0.15) is 6.54 Å². The summed E-state index contributed by atoms with van der Waals surface area (Å²) in [5.41, 5.74) is 1.23. The third-order valence-electron chi connectivity index (χ3n) is 4.06. The fourth-order valence-corrected chi connectivity index (χ4v) is 4.66. The first-order chi connectivity index (χ1) is 9.54. The lowest BCUT2D eigenvalue weighted by Gasteiger charge is -2.32. The maximum atomic E-state index is 12.8. The topological polar surface area (TPSA) is 57.6 Å². The molecule has 4 nitrogen and oxygen atoms in total. The van der Waals surface area contributed by atoms with Gasteiger partial charge in [-0.15, -0.1) is 0 Å². The number of halogens is 1. The quantitative estimate of drug-likeness (QED) is 0.885. The molecule has 0 unspecified atom stereocenters. The first-order valence-electron chi connectivity index (χ1n) is 6.46. The molecule has 1 saturated heterocycles. The zero-order valence-electron chi connectivity index (χ0n) is 10.8. The van der Waals surface area contributed by atoms with E-state index in [1.807, 2.05) is 30.0 Å². The summed E-state index contributed by atoms with van der Waals surface area (Å²) < 4.78 is 0.929. The average molecular weight is 356 g/mol. The van der Waals surface area contributed by atoms with Crippen LogP contribution in [0, 0.1) is 0 Å². The molecule has 1 amide bonds. The summed E-state index contributed by atoms with van der Waals surface area (Å²) >= 11 is 5.31. The van der Waals surface area contributed by atoms with Crippen molar-refractivity contribution >= 4 is 45.3 Å². The summed E-state index contributed by atoms with van der Waals surface area (Å²) in [5, 5.41) is 9.05. The van der Waals surface area contributed by atoms with Gasteiger partial charge in [0.15, 0.2) is 0 Å². The molecule has 2 aliphatic heterocycles. The summed E-state index contributed by atoms with van der Waals surface area (Å²) in [5.74, 6) is 0.861. The number of nitrogens with zero attached hydrogens (tertiary/aromatic N) is 1. The number of rotatable bonds is 2. The Labute approximate surface area is 129 Å². The van der Waals surface area contributed by atoms with Crippen LogP contribution in [0.25, 0.3) is 0 Å². The molecule has 1 aromatic carbocycles. The third-order valence-corrected chi connectivity index (χ3v) is 5.54. The lowest BCUT2D eigenvalue weighted by atomic mass is 9.76. The van der Waals surface area contributed by atoms with Crippen LogP contribution in [0.15, 0.2) is 22.7 Å². The maximum Gasteiger partial charge on any atom is 0.323 e. The summed E-state index contributed by atoms with van der Waals surface area (Å²) in [4.78, 5) is 25.3. The Morgan fingerprint density at radius 1 is 1.40 bits per heavy atom. The Morgan fingerprint density at radius 3 is 2.75 bits per heavy atom. The van der Waals surface area contributed by atoms with Crippen molar-refractivity contribution < 1.29 is 14.7 Å². The highest BCUT2D eigenvalue weighted by molar-refractivity contribution is 9.10. The Hall–Kier alpha value is -1.01. The molecule has 6 heteroatoms. The average Bonchev–Trinajstić information content (AvgIpc) is 2.63. The zero-order valence-corrected chi connectivity index (χ0v) is 13.2. The second-order valence-corrected chi connectivity index (χ2v) is 7.28. The number of carbonyl (C=O) groups is 2. The number of carboxylic acid groups (broad SMARTS) is 1. The molecule has 106 valence electrons. The third kappa shape index (κ3) is 2.05. The number of carboxylic acids is 1. The Balaban J connectivity index is 2.12. The summed E-state index contributed by atoms with van der Waals surface area (Å²) in [7, 11) is 0. The van der Waals surface area contributed by atoms with Gasteiger partial charge in [-0.3, -0.25) is 9.59 Å². The van der Waals surface area contributed by atoms with E-state index in [4.69, 9.17) is 5.11 Å².